The Kier molecular flexibility index (Phi) is 5.74. The summed E-state index contributed by atoms with van der Waals surface area (Å²) in [5, 5.41) is 0.643. The molecule has 0 bridgehead atoms. The molecule has 2 heterocycles. The number of quaternary nitrogens is 1. The van der Waals surface area contributed by atoms with Gasteiger partial charge in [0.05, 0.1) is 46.3 Å². The smallest absolute Gasteiger partial charge is 0.288 e. The van der Waals surface area contributed by atoms with Crippen LogP contribution in [0.25, 0.3) is 0 Å². The number of ether oxygens (including phenoxy) is 1. The summed E-state index contributed by atoms with van der Waals surface area (Å²) in [6.45, 7) is 3.71. The van der Waals surface area contributed by atoms with E-state index in [1.807, 2.05) is 24.3 Å². The number of carbonyl (C=O) groups is 2. The summed E-state index contributed by atoms with van der Waals surface area (Å²) in [7, 11) is 1.66. The molecule has 7 heteroatoms. The third-order valence-corrected chi connectivity index (χ3v) is 6.09. The lowest BCUT2D eigenvalue weighted by Gasteiger charge is -2.35. The van der Waals surface area contributed by atoms with E-state index < -0.39 is 0 Å². The molecule has 29 heavy (non-hydrogen) atoms. The molecule has 1 N–H and O–H groups in total. The topological polar surface area (TPSA) is 54.3 Å². The molecule has 2 fully saturated rings. The summed E-state index contributed by atoms with van der Waals surface area (Å²) >= 11 is 5.92. The lowest BCUT2D eigenvalue weighted by Crippen LogP contribution is -3.19. The normalized spacial score (nSPS) is 20.4. The van der Waals surface area contributed by atoms with Gasteiger partial charge in [0, 0.05) is 10.7 Å². The van der Waals surface area contributed by atoms with Gasteiger partial charge in [0.2, 0.25) is 5.91 Å². The van der Waals surface area contributed by atoms with Crippen molar-refractivity contribution in [2.24, 2.45) is 0 Å². The molecule has 2 saturated heterocycles. The number of carbonyl (C=O) groups excluding carboxylic acids is 2. The Morgan fingerprint density at radius 3 is 2.31 bits per heavy atom. The van der Waals surface area contributed by atoms with Crippen LogP contribution in [0.3, 0.4) is 0 Å². The lowest BCUT2D eigenvalue weighted by molar-refractivity contribution is -0.915. The van der Waals surface area contributed by atoms with Crippen LogP contribution in [0.5, 0.6) is 5.75 Å². The van der Waals surface area contributed by atoms with Crippen molar-refractivity contribution >= 4 is 29.1 Å². The zero-order chi connectivity index (χ0) is 20.4. The largest absolute Gasteiger partial charge is 0.497 e. The zero-order valence-electron chi connectivity index (χ0n) is 16.4. The van der Waals surface area contributed by atoms with E-state index in [1.54, 1.807) is 19.2 Å². The van der Waals surface area contributed by atoms with Crippen LogP contribution in [-0.2, 0) is 16.1 Å². The third kappa shape index (κ3) is 4.23. The molecule has 2 aromatic rings. The van der Waals surface area contributed by atoms with E-state index in [2.05, 4.69) is 17.0 Å². The van der Waals surface area contributed by atoms with E-state index in [-0.39, 0.29) is 17.9 Å². The van der Waals surface area contributed by atoms with Crippen molar-refractivity contribution in [3.05, 3.63) is 59.1 Å². The van der Waals surface area contributed by atoms with Crippen LogP contribution in [0.2, 0.25) is 5.02 Å². The van der Waals surface area contributed by atoms with Crippen molar-refractivity contribution < 1.29 is 19.2 Å². The molecule has 0 unspecified atom stereocenters. The first-order valence-corrected chi connectivity index (χ1v) is 10.2. The molecule has 2 aliphatic heterocycles. The van der Waals surface area contributed by atoms with Crippen LogP contribution < -0.4 is 14.5 Å². The SMILES string of the molecule is COc1ccc(N2CC[NH+]([C@@H]3CC(=O)N(Cc4ccc(Cl)cc4)C3=O)CC2)cc1. The molecule has 2 amide bonds. The van der Waals surface area contributed by atoms with Crippen molar-refractivity contribution in [2.75, 3.05) is 38.2 Å². The minimum Gasteiger partial charge on any atom is -0.497 e. The molecule has 6 nitrogen and oxygen atoms in total. The van der Waals surface area contributed by atoms with Gasteiger partial charge in [-0.25, -0.2) is 0 Å². The highest BCUT2D eigenvalue weighted by molar-refractivity contribution is 6.30. The maximum Gasteiger partial charge on any atom is 0.288 e. The lowest BCUT2D eigenvalue weighted by atomic mass is 10.1. The average molecular weight is 415 g/mol. The van der Waals surface area contributed by atoms with Crippen LogP contribution >= 0.6 is 11.6 Å². The number of methoxy groups -OCH3 is 1. The molecule has 0 aromatic heterocycles. The number of benzene rings is 2. The summed E-state index contributed by atoms with van der Waals surface area (Å²) in [4.78, 5) is 30.4. The monoisotopic (exact) mass is 414 g/mol. The van der Waals surface area contributed by atoms with E-state index >= 15 is 0 Å². The van der Waals surface area contributed by atoms with E-state index in [0.717, 1.165) is 43.2 Å². The second kappa shape index (κ2) is 8.43. The van der Waals surface area contributed by atoms with Crippen molar-refractivity contribution in [2.45, 2.75) is 19.0 Å². The molecule has 1 atom stereocenters. The van der Waals surface area contributed by atoms with Gasteiger partial charge >= 0.3 is 0 Å². The number of rotatable bonds is 5. The van der Waals surface area contributed by atoms with Gasteiger partial charge in [-0.2, -0.15) is 0 Å². The van der Waals surface area contributed by atoms with E-state index in [9.17, 15) is 9.59 Å². The highest BCUT2D eigenvalue weighted by atomic mass is 35.5. The van der Waals surface area contributed by atoms with Gasteiger partial charge in [-0.15, -0.1) is 0 Å². The highest BCUT2D eigenvalue weighted by Crippen LogP contribution is 2.20. The number of nitrogens with zero attached hydrogens (tertiary/aromatic N) is 2. The molecule has 152 valence electrons. The van der Waals surface area contributed by atoms with Crippen LogP contribution in [0.4, 0.5) is 5.69 Å². The van der Waals surface area contributed by atoms with Crippen molar-refractivity contribution in [1.82, 2.24) is 4.90 Å². The predicted octanol–water partition coefficient (Wildman–Crippen LogP) is 1.38. The second-order valence-electron chi connectivity index (χ2n) is 7.54. The number of amides is 2. The molecular formula is C22H25ClN3O3+. The minimum absolute atomic E-state index is 0.0575. The van der Waals surface area contributed by atoms with Crippen molar-refractivity contribution in [3.8, 4) is 5.75 Å². The van der Waals surface area contributed by atoms with Gasteiger partial charge in [0.15, 0.2) is 6.04 Å². The van der Waals surface area contributed by atoms with Crippen LogP contribution in [0.15, 0.2) is 48.5 Å². The van der Waals surface area contributed by atoms with Crippen LogP contribution in [0.1, 0.15) is 12.0 Å². The molecular weight excluding hydrogens is 390 g/mol. The van der Waals surface area contributed by atoms with Crippen molar-refractivity contribution in [3.63, 3.8) is 0 Å². The number of hydrogen-bond donors (Lipinski definition) is 1. The molecule has 4 rings (SSSR count). The molecule has 0 spiro atoms. The summed E-state index contributed by atoms with van der Waals surface area (Å²) < 4.78 is 5.22. The maximum atomic E-state index is 12.9. The van der Waals surface area contributed by atoms with Gasteiger partial charge in [0.1, 0.15) is 5.75 Å². The average Bonchev–Trinajstić information content (AvgIpc) is 3.04. The van der Waals surface area contributed by atoms with Gasteiger partial charge in [-0.3, -0.25) is 14.5 Å². The zero-order valence-corrected chi connectivity index (χ0v) is 17.2. The third-order valence-electron chi connectivity index (χ3n) is 5.83. The number of halogens is 1. The Balaban J connectivity index is 1.36. The van der Waals surface area contributed by atoms with E-state index in [0.29, 0.717) is 18.0 Å². The number of anilines is 1. The quantitative estimate of drug-likeness (QED) is 0.751. The van der Waals surface area contributed by atoms with Gasteiger partial charge in [0.25, 0.3) is 5.91 Å². The molecule has 2 aliphatic rings. The first kappa shape index (κ1) is 19.7. The van der Waals surface area contributed by atoms with Gasteiger partial charge in [-0.05, 0) is 42.0 Å². The van der Waals surface area contributed by atoms with E-state index in [4.69, 9.17) is 16.3 Å². The van der Waals surface area contributed by atoms with Gasteiger partial charge < -0.3 is 14.5 Å². The molecule has 0 aliphatic carbocycles. The van der Waals surface area contributed by atoms with E-state index in [1.165, 1.54) is 9.80 Å². The minimum atomic E-state index is -0.271. The first-order valence-electron chi connectivity index (χ1n) is 9.87. The number of imide groups is 1. The van der Waals surface area contributed by atoms with Crippen LogP contribution in [-0.4, -0.2) is 56.0 Å². The Labute approximate surface area is 175 Å². The summed E-state index contributed by atoms with van der Waals surface area (Å²) in [5.74, 6) is 0.701. The van der Waals surface area contributed by atoms with Gasteiger partial charge in [-0.1, -0.05) is 23.7 Å². The fourth-order valence-corrected chi connectivity index (χ4v) is 4.26. The molecule has 0 radical (unpaired) electrons. The fourth-order valence-electron chi connectivity index (χ4n) is 4.13. The second-order valence-corrected chi connectivity index (χ2v) is 7.98. The molecule has 2 aromatic carbocycles. The maximum absolute atomic E-state index is 12.9. The standard InChI is InChI=1S/C22H24ClN3O3/c1-29-19-8-6-18(7-9-19)24-10-12-25(13-11-24)20-14-21(27)26(22(20)28)15-16-2-4-17(23)5-3-16/h2-9,20H,10-15H2,1H3/p+1/t20-/m1/s1. The Morgan fingerprint density at radius 2 is 1.69 bits per heavy atom. The summed E-state index contributed by atoms with van der Waals surface area (Å²) in [6.07, 6.45) is 0.296. The first-order chi connectivity index (χ1) is 14.0. The summed E-state index contributed by atoms with van der Waals surface area (Å²) in [5.41, 5.74) is 2.07. The van der Waals surface area contributed by atoms with Crippen molar-refractivity contribution in [1.29, 1.82) is 0 Å². The number of hydrogen-bond acceptors (Lipinski definition) is 4. The summed E-state index contributed by atoms with van der Waals surface area (Å²) in [6, 6.07) is 15.0. The van der Waals surface area contributed by atoms with Crippen LogP contribution in [0, 0.1) is 0 Å². The predicted molar refractivity (Wildman–Crippen MR) is 111 cm³/mol. The highest BCUT2D eigenvalue weighted by Gasteiger charge is 2.45. The number of nitrogens with one attached hydrogen (secondary N) is 1. The number of piperazine rings is 1. The molecule has 0 saturated carbocycles. The Morgan fingerprint density at radius 1 is 1.03 bits per heavy atom. The Bertz CT molecular complexity index is 877. The Hall–Kier alpha value is -2.57. The fraction of sp³-hybridized carbons (Fsp3) is 0.364. The number of likely N-dealkylation sites (tertiary alicyclic amines) is 1.